The smallest absolute Gasteiger partial charge is 0.224 e. The largest absolute Gasteiger partial charge is 0.355 e. The predicted octanol–water partition coefficient (Wildman–Crippen LogP) is 0.262. The molecule has 0 unspecified atom stereocenters. The van der Waals surface area contributed by atoms with Crippen molar-refractivity contribution < 1.29 is 9.59 Å². The average molecular weight is 235 g/mol. The lowest BCUT2D eigenvalue weighted by Gasteiger charge is -2.05. The zero-order valence-corrected chi connectivity index (χ0v) is 9.82. The summed E-state index contributed by atoms with van der Waals surface area (Å²) in [6.07, 6.45) is 0.320. The minimum atomic E-state index is -0.113. The number of rotatable bonds is 5. The van der Waals surface area contributed by atoms with E-state index in [4.69, 9.17) is 5.73 Å². The van der Waals surface area contributed by atoms with Crippen molar-refractivity contribution in [2.24, 2.45) is 5.73 Å². The summed E-state index contributed by atoms with van der Waals surface area (Å²) < 4.78 is 0. The summed E-state index contributed by atoms with van der Waals surface area (Å²) in [6, 6.07) is 7.17. The van der Waals surface area contributed by atoms with Crippen molar-refractivity contribution in [3.63, 3.8) is 0 Å². The van der Waals surface area contributed by atoms with Crippen LogP contribution < -0.4 is 16.4 Å². The SMILES string of the molecule is CC(=O)Nc1ccc(CC(=O)NCCN)cc1. The molecule has 1 aromatic carbocycles. The summed E-state index contributed by atoms with van der Waals surface area (Å²) in [6.45, 7) is 2.38. The van der Waals surface area contributed by atoms with Crippen LogP contribution in [-0.4, -0.2) is 24.9 Å². The molecule has 0 spiro atoms. The molecule has 0 aromatic heterocycles. The first-order valence-electron chi connectivity index (χ1n) is 5.45. The van der Waals surface area contributed by atoms with E-state index >= 15 is 0 Å². The van der Waals surface area contributed by atoms with Crippen LogP contribution in [0.2, 0.25) is 0 Å². The van der Waals surface area contributed by atoms with Gasteiger partial charge in [0.05, 0.1) is 6.42 Å². The van der Waals surface area contributed by atoms with E-state index in [1.54, 1.807) is 12.1 Å². The van der Waals surface area contributed by atoms with E-state index in [9.17, 15) is 9.59 Å². The zero-order chi connectivity index (χ0) is 12.7. The number of benzene rings is 1. The number of hydrogen-bond acceptors (Lipinski definition) is 3. The van der Waals surface area contributed by atoms with Gasteiger partial charge in [0.1, 0.15) is 0 Å². The summed E-state index contributed by atoms with van der Waals surface area (Å²) in [7, 11) is 0. The third kappa shape index (κ3) is 5.12. The van der Waals surface area contributed by atoms with Crippen molar-refractivity contribution in [3.8, 4) is 0 Å². The Morgan fingerprint density at radius 3 is 2.41 bits per heavy atom. The van der Waals surface area contributed by atoms with Crippen molar-refractivity contribution in [2.75, 3.05) is 18.4 Å². The molecule has 0 aliphatic rings. The maximum absolute atomic E-state index is 11.4. The molecule has 5 nitrogen and oxygen atoms in total. The second kappa shape index (κ2) is 6.65. The van der Waals surface area contributed by atoms with Gasteiger partial charge in [0.15, 0.2) is 0 Å². The Balaban J connectivity index is 2.50. The molecule has 0 heterocycles. The van der Waals surface area contributed by atoms with Crippen molar-refractivity contribution >= 4 is 17.5 Å². The Labute approximate surface area is 100 Å². The van der Waals surface area contributed by atoms with Gasteiger partial charge in [-0.2, -0.15) is 0 Å². The molecule has 2 amide bonds. The van der Waals surface area contributed by atoms with Gasteiger partial charge >= 0.3 is 0 Å². The van der Waals surface area contributed by atoms with E-state index in [0.717, 1.165) is 11.3 Å². The number of anilines is 1. The lowest BCUT2D eigenvalue weighted by Crippen LogP contribution is -2.30. The van der Waals surface area contributed by atoms with Crippen LogP contribution in [0, 0.1) is 0 Å². The third-order valence-corrected chi connectivity index (χ3v) is 2.11. The second-order valence-electron chi connectivity index (χ2n) is 3.69. The molecule has 17 heavy (non-hydrogen) atoms. The van der Waals surface area contributed by atoms with Gasteiger partial charge in [-0.05, 0) is 17.7 Å². The van der Waals surface area contributed by atoms with Crippen LogP contribution in [0.15, 0.2) is 24.3 Å². The second-order valence-corrected chi connectivity index (χ2v) is 3.69. The Bertz CT molecular complexity index is 387. The zero-order valence-electron chi connectivity index (χ0n) is 9.82. The number of nitrogens with two attached hydrogens (primary N) is 1. The minimum absolute atomic E-state index is 0.0530. The molecule has 0 bridgehead atoms. The van der Waals surface area contributed by atoms with Crippen LogP contribution in [0.25, 0.3) is 0 Å². The molecule has 0 atom stereocenters. The molecule has 0 aliphatic carbocycles. The van der Waals surface area contributed by atoms with Crippen LogP contribution in [0.4, 0.5) is 5.69 Å². The van der Waals surface area contributed by atoms with Gasteiger partial charge in [-0.25, -0.2) is 0 Å². The fourth-order valence-corrected chi connectivity index (χ4v) is 1.37. The van der Waals surface area contributed by atoms with Crippen LogP contribution in [-0.2, 0) is 16.0 Å². The maximum atomic E-state index is 11.4. The number of nitrogens with one attached hydrogen (secondary N) is 2. The van der Waals surface area contributed by atoms with Crippen molar-refractivity contribution in [1.82, 2.24) is 5.32 Å². The topological polar surface area (TPSA) is 84.2 Å². The molecular formula is C12H17N3O2. The fraction of sp³-hybridized carbons (Fsp3) is 0.333. The maximum Gasteiger partial charge on any atom is 0.224 e. The molecule has 0 saturated carbocycles. The summed E-state index contributed by atoms with van der Waals surface area (Å²) in [5.74, 6) is -0.166. The standard InChI is InChI=1S/C12H17N3O2/c1-9(16)15-11-4-2-10(3-5-11)8-12(17)14-7-6-13/h2-5H,6-8,13H2,1H3,(H,14,17)(H,15,16). The molecule has 5 heteroatoms. The Morgan fingerprint density at radius 1 is 1.24 bits per heavy atom. The van der Waals surface area contributed by atoms with E-state index in [0.29, 0.717) is 19.5 Å². The summed E-state index contributed by atoms with van der Waals surface area (Å²) in [5.41, 5.74) is 6.90. The molecule has 0 aliphatic heterocycles. The van der Waals surface area contributed by atoms with Gasteiger partial charge in [0, 0.05) is 25.7 Å². The molecule has 92 valence electrons. The van der Waals surface area contributed by atoms with Gasteiger partial charge in [0.2, 0.25) is 11.8 Å². The van der Waals surface area contributed by atoms with Crippen molar-refractivity contribution in [2.45, 2.75) is 13.3 Å². The minimum Gasteiger partial charge on any atom is -0.355 e. The molecule has 0 fully saturated rings. The number of carbonyl (C=O) groups excluding carboxylic acids is 2. The lowest BCUT2D eigenvalue weighted by atomic mass is 10.1. The highest BCUT2D eigenvalue weighted by Gasteiger charge is 2.02. The highest BCUT2D eigenvalue weighted by Crippen LogP contribution is 2.09. The Hall–Kier alpha value is -1.88. The molecule has 0 saturated heterocycles. The molecule has 1 aromatic rings. The summed E-state index contributed by atoms with van der Waals surface area (Å²) >= 11 is 0. The quantitative estimate of drug-likeness (QED) is 0.684. The number of carbonyl (C=O) groups is 2. The summed E-state index contributed by atoms with van der Waals surface area (Å²) in [5, 5.41) is 5.36. The van der Waals surface area contributed by atoms with Crippen molar-refractivity contribution in [3.05, 3.63) is 29.8 Å². The Morgan fingerprint density at radius 2 is 1.88 bits per heavy atom. The van der Waals surface area contributed by atoms with Gasteiger partial charge in [-0.15, -0.1) is 0 Å². The fourth-order valence-electron chi connectivity index (χ4n) is 1.37. The van der Waals surface area contributed by atoms with E-state index in [1.165, 1.54) is 6.92 Å². The average Bonchev–Trinajstić information content (AvgIpc) is 2.28. The van der Waals surface area contributed by atoms with Crippen LogP contribution in [0.5, 0.6) is 0 Å². The van der Waals surface area contributed by atoms with Gasteiger partial charge in [0.25, 0.3) is 0 Å². The van der Waals surface area contributed by atoms with E-state index in [2.05, 4.69) is 10.6 Å². The van der Waals surface area contributed by atoms with Crippen LogP contribution in [0.3, 0.4) is 0 Å². The van der Waals surface area contributed by atoms with Gasteiger partial charge < -0.3 is 16.4 Å². The molecule has 1 rings (SSSR count). The van der Waals surface area contributed by atoms with E-state index in [-0.39, 0.29) is 11.8 Å². The van der Waals surface area contributed by atoms with Gasteiger partial charge in [-0.1, -0.05) is 12.1 Å². The van der Waals surface area contributed by atoms with E-state index < -0.39 is 0 Å². The molecule has 0 radical (unpaired) electrons. The normalized spacial score (nSPS) is 9.76. The summed E-state index contributed by atoms with van der Waals surface area (Å²) in [4.78, 5) is 22.2. The lowest BCUT2D eigenvalue weighted by molar-refractivity contribution is -0.120. The molecular weight excluding hydrogens is 218 g/mol. The monoisotopic (exact) mass is 235 g/mol. The van der Waals surface area contributed by atoms with Crippen molar-refractivity contribution in [1.29, 1.82) is 0 Å². The third-order valence-electron chi connectivity index (χ3n) is 2.11. The first-order valence-corrected chi connectivity index (χ1v) is 5.45. The van der Waals surface area contributed by atoms with Crippen LogP contribution in [0.1, 0.15) is 12.5 Å². The van der Waals surface area contributed by atoms with Gasteiger partial charge in [-0.3, -0.25) is 9.59 Å². The number of amides is 2. The van der Waals surface area contributed by atoms with E-state index in [1.807, 2.05) is 12.1 Å². The number of hydrogen-bond donors (Lipinski definition) is 3. The first kappa shape index (κ1) is 13.2. The molecule has 4 N–H and O–H groups in total. The highest BCUT2D eigenvalue weighted by molar-refractivity contribution is 5.88. The predicted molar refractivity (Wildman–Crippen MR) is 66.5 cm³/mol. The van der Waals surface area contributed by atoms with Crippen LogP contribution >= 0.6 is 0 Å². The Kier molecular flexibility index (Phi) is 5.16. The highest BCUT2D eigenvalue weighted by atomic mass is 16.2. The first-order chi connectivity index (χ1) is 8.11.